The summed E-state index contributed by atoms with van der Waals surface area (Å²) in [5.74, 6) is -0.424. The first-order valence-electron chi connectivity index (χ1n) is 15.5. The van der Waals surface area contributed by atoms with Crippen molar-refractivity contribution in [3.8, 4) is 0 Å². The van der Waals surface area contributed by atoms with Crippen molar-refractivity contribution in [2.75, 3.05) is 27.8 Å². The maximum Gasteiger partial charge on any atom is 0.225 e. The average molecular weight is 590 g/mol. The highest BCUT2D eigenvalue weighted by Crippen LogP contribution is 2.30. The van der Waals surface area contributed by atoms with Gasteiger partial charge < -0.3 is 29.7 Å². The van der Waals surface area contributed by atoms with Gasteiger partial charge in [0, 0.05) is 34.2 Å². The van der Waals surface area contributed by atoms with E-state index in [0.29, 0.717) is 13.0 Å². The smallest absolute Gasteiger partial charge is 0.225 e. The molecule has 42 heavy (non-hydrogen) atoms. The summed E-state index contributed by atoms with van der Waals surface area (Å²) in [6.07, 6.45) is 1.15. The highest BCUT2D eigenvalue weighted by atomic mass is 16.5. The van der Waals surface area contributed by atoms with Gasteiger partial charge in [0.2, 0.25) is 17.7 Å². The fraction of sp³-hybridized carbons (Fsp3) is 0.727. The summed E-state index contributed by atoms with van der Waals surface area (Å²) < 4.78 is 11.8. The minimum Gasteiger partial charge on any atom is -0.386 e. The van der Waals surface area contributed by atoms with Gasteiger partial charge in [-0.3, -0.25) is 14.4 Å². The van der Waals surface area contributed by atoms with Gasteiger partial charge in [0.15, 0.2) is 0 Å². The number of nitrogens with one attached hydrogen (secondary N) is 1. The summed E-state index contributed by atoms with van der Waals surface area (Å²) in [7, 11) is 4.99. The second-order valence-corrected chi connectivity index (χ2v) is 12.4. The van der Waals surface area contributed by atoms with Crippen LogP contribution < -0.4 is 5.32 Å². The van der Waals surface area contributed by atoms with Crippen LogP contribution in [0.1, 0.15) is 85.3 Å². The van der Waals surface area contributed by atoms with Crippen molar-refractivity contribution < 1.29 is 29.0 Å². The number of aliphatic hydroxyl groups excluding tert-OH is 1. The molecular formula is C33H55N3O6. The molecule has 1 aromatic carbocycles. The molecule has 238 valence electrons. The van der Waals surface area contributed by atoms with E-state index in [0.717, 1.165) is 24.8 Å². The Bertz CT molecular complexity index is 989. The van der Waals surface area contributed by atoms with E-state index in [2.05, 4.69) is 19.2 Å². The van der Waals surface area contributed by atoms with E-state index in [1.165, 1.54) is 0 Å². The van der Waals surface area contributed by atoms with E-state index in [1.54, 1.807) is 33.0 Å². The SMILES string of the molecule is CC[C@H](C)[C@@H]([C@@H](CC(=O)N1CCC[C@H]1[C@H](OC)[C@@H](C)C(=O)N[C@H](C)[C@@H](O)c1ccccc1)OC)N(C)C(=O)CC(C)C. The molecule has 2 N–H and O–H groups in total. The molecule has 9 nitrogen and oxygen atoms in total. The molecule has 0 saturated carbocycles. The molecule has 0 radical (unpaired) electrons. The number of methoxy groups -OCH3 is 2. The average Bonchev–Trinajstić information content (AvgIpc) is 3.46. The van der Waals surface area contributed by atoms with Gasteiger partial charge >= 0.3 is 0 Å². The molecule has 2 rings (SSSR count). The van der Waals surface area contributed by atoms with Crippen molar-refractivity contribution in [3.05, 3.63) is 35.9 Å². The lowest BCUT2D eigenvalue weighted by Crippen LogP contribution is -2.53. The second kappa shape index (κ2) is 17.0. The first-order valence-corrected chi connectivity index (χ1v) is 15.5. The molecule has 0 spiro atoms. The number of ether oxygens (including phenoxy) is 2. The number of hydrogen-bond acceptors (Lipinski definition) is 6. The number of carbonyl (C=O) groups is 3. The maximum absolute atomic E-state index is 13.8. The Labute approximate surface area is 253 Å². The van der Waals surface area contributed by atoms with E-state index in [1.807, 2.05) is 56.1 Å². The second-order valence-electron chi connectivity index (χ2n) is 12.4. The highest BCUT2D eigenvalue weighted by molar-refractivity contribution is 5.81. The van der Waals surface area contributed by atoms with Crippen molar-refractivity contribution in [1.82, 2.24) is 15.1 Å². The Kier molecular flexibility index (Phi) is 14.4. The molecule has 0 aliphatic carbocycles. The molecule has 3 amide bonds. The summed E-state index contributed by atoms with van der Waals surface area (Å²) in [6.45, 7) is 12.4. The van der Waals surface area contributed by atoms with Crippen molar-refractivity contribution in [2.45, 2.75) is 110 Å². The van der Waals surface area contributed by atoms with E-state index in [4.69, 9.17) is 9.47 Å². The number of rotatable bonds is 16. The first-order chi connectivity index (χ1) is 19.9. The third-order valence-corrected chi connectivity index (χ3v) is 8.87. The fourth-order valence-electron chi connectivity index (χ4n) is 6.19. The van der Waals surface area contributed by atoms with Crippen LogP contribution in [0.25, 0.3) is 0 Å². The van der Waals surface area contributed by atoms with E-state index in [9.17, 15) is 19.5 Å². The Morgan fingerprint density at radius 2 is 1.69 bits per heavy atom. The van der Waals surface area contributed by atoms with E-state index >= 15 is 0 Å². The maximum atomic E-state index is 13.8. The Balaban J connectivity index is 2.15. The van der Waals surface area contributed by atoms with Gasteiger partial charge in [0.1, 0.15) is 0 Å². The van der Waals surface area contributed by atoms with Crippen molar-refractivity contribution in [1.29, 1.82) is 0 Å². The summed E-state index contributed by atoms with van der Waals surface area (Å²) >= 11 is 0. The van der Waals surface area contributed by atoms with Crippen LogP contribution in [-0.4, -0.2) is 90.8 Å². The summed E-state index contributed by atoms with van der Waals surface area (Å²) in [4.78, 5) is 43.7. The van der Waals surface area contributed by atoms with Crippen molar-refractivity contribution in [2.24, 2.45) is 17.8 Å². The van der Waals surface area contributed by atoms with Gasteiger partial charge in [-0.2, -0.15) is 0 Å². The zero-order valence-electron chi connectivity index (χ0n) is 27.2. The van der Waals surface area contributed by atoms with Gasteiger partial charge in [0.25, 0.3) is 0 Å². The predicted molar refractivity (Wildman–Crippen MR) is 165 cm³/mol. The summed E-state index contributed by atoms with van der Waals surface area (Å²) in [5.41, 5.74) is 0.730. The number of hydrogen-bond donors (Lipinski definition) is 2. The van der Waals surface area contributed by atoms with Crippen molar-refractivity contribution >= 4 is 17.7 Å². The summed E-state index contributed by atoms with van der Waals surface area (Å²) in [5, 5.41) is 13.7. The molecule has 1 aliphatic heterocycles. The van der Waals surface area contributed by atoms with Crippen LogP contribution in [0.5, 0.6) is 0 Å². The number of nitrogens with zero attached hydrogens (tertiary/aromatic N) is 2. The standard InChI is InChI=1S/C33H55N3O6/c1-10-22(4)30(35(7)28(37)19-21(2)3)27(41-8)20-29(38)36-18-14-17-26(36)32(42-9)23(5)33(40)34-24(6)31(39)25-15-12-11-13-16-25/h11-13,15-16,21-24,26-27,30-32,39H,10,14,17-20H2,1-9H3,(H,34,40)/t22-,23+,24+,26-,27+,30-,31+,32+/m0/s1. The van der Waals surface area contributed by atoms with E-state index in [-0.39, 0.29) is 48.1 Å². The van der Waals surface area contributed by atoms with Crippen LogP contribution in [0, 0.1) is 17.8 Å². The number of benzene rings is 1. The Hall–Kier alpha value is -2.49. The van der Waals surface area contributed by atoms with E-state index < -0.39 is 30.3 Å². The van der Waals surface area contributed by atoms with Crippen LogP contribution in [0.3, 0.4) is 0 Å². The van der Waals surface area contributed by atoms with Gasteiger partial charge in [-0.1, -0.05) is 71.4 Å². The molecule has 8 atom stereocenters. The minimum absolute atomic E-state index is 0.0507. The third kappa shape index (κ3) is 9.25. The third-order valence-electron chi connectivity index (χ3n) is 8.87. The minimum atomic E-state index is -0.845. The predicted octanol–water partition coefficient (Wildman–Crippen LogP) is 4.19. The molecule has 1 aliphatic rings. The molecule has 9 heteroatoms. The largest absolute Gasteiger partial charge is 0.386 e. The van der Waals surface area contributed by atoms with Gasteiger partial charge in [0.05, 0.1) is 48.8 Å². The van der Waals surface area contributed by atoms with Crippen molar-refractivity contribution in [3.63, 3.8) is 0 Å². The fourth-order valence-corrected chi connectivity index (χ4v) is 6.19. The Morgan fingerprint density at radius 3 is 2.24 bits per heavy atom. The molecule has 1 aromatic rings. The zero-order valence-corrected chi connectivity index (χ0v) is 27.2. The number of likely N-dealkylation sites (tertiary alicyclic amines) is 1. The normalized spacial score (nSPS) is 20.4. The quantitative estimate of drug-likeness (QED) is 0.299. The molecule has 1 heterocycles. The number of amides is 3. The van der Waals surface area contributed by atoms with Gasteiger partial charge in [-0.05, 0) is 37.2 Å². The Morgan fingerprint density at radius 1 is 1.05 bits per heavy atom. The van der Waals surface area contributed by atoms with Crippen LogP contribution in [0.15, 0.2) is 30.3 Å². The summed E-state index contributed by atoms with van der Waals surface area (Å²) in [6, 6.07) is 8.22. The molecule has 1 saturated heterocycles. The van der Waals surface area contributed by atoms with Gasteiger partial charge in [-0.25, -0.2) is 0 Å². The molecule has 0 bridgehead atoms. The highest BCUT2D eigenvalue weighted by Gasteiger charge is 2.42. The zero-order chi connectivity index (χ0) is 31.6. The number of carbonyl (C=O) groups excluding carboxylic acids is 3. The lowest BCUT2D eigenvalue weighted by atomic mass is 9.90. The first kappa shape index (κ1) is 35.7. The van der Waals surface area contributed by atoms with Crippen LogP contribution in [0.2, 0.25) is 0 Å². The topological polar surface area (TPSA) is 108 Å². The van der Waals surface area contributed by atoms with Crippen LogP contribution in [0.4, 0.5) is 0 Å². The molecular weight excluding hydrogens is 534 g/mol. The molecule has 0 unspecified atom stereocenters. The van der Waals surface area contributed by atoms with Crippen LogP contribution >= 0.6 is 0 Å². The number of aliphatic hydroxyl groups is 1. The molecule has 0 aromatic heterocycles. The monoisotopic (exact) mass is 589 g/mol. The van der Waals surface area contributed by atoms with Crippen LogP contribution in [-0.2, 0) is 23.9 Å². The van der Waals surface area contributed by atoms with Gasteiger partial charge in [-0.15, -0.1) is 0 Å². The lowest BCUT2D eigenvalue weighted by molar-refractivity contribution is -0.146. The molecule has 1 fully saturated rings. The number of likely N-dealkylation sites (N-methyl/N-ethyl adjacent to an activating group) is 1. The lowest BCUT2D eigenvalue weighted by Gasteiger charge is -2.39.